The van der Waals surface area contributed by atoms with E-state index in [2.05, 4.69) is 15.7 Å². The molecular weight excluding hydrogens is 378 g/mol. The molecule has 0 spiro atoms. The average Bonchev–Trinajstić information content (AvgIpc) is 3.00. The summed E-state index contributed by atoms with van der Waals surface area (Å²) in [6.07, 6.45) is -0.0838. The molecule has 0 bridgehead atoms. The van der Waals surface area contributed by atoms with Gasteiger partial charge in [0.2, 0.25) is 0 Å². The van der Waals surface area contributed by atoms with Gasteiger partial charge in [-0.2, -0.15) is 4.68 Å². The number of nitro groups is 1. The monoisotopic (exact) mass is 395 g/mol. The van der Waals surface area contributed by atoms with Gasteiger partial charge in [0.25, 0.3) is 11.6 Å². The molecule has 0 aliphatic carbocycles. The van der Waals surface area contributed by atoms with E-state index in [1.165, 1.54) is 24.3 Å². The molecule has 0 radical (unpaired) electrons. The molecule has 2 heterocycles. The molecule has 3 rings (SSSR count). The Bertz CT molecular complexity index is 882. The Hall–Kier alpha value is -2.98. The molecule has 1 aliphatic rings. The van der Waals surface area contributed by atoms with Crippen LogP contribution in [0.15, 0.2) is 24.3 Å². The number of para-hydroxylation sites is 1. The van der Waals surface area contributed by atoms with Gasteiger partial charge >= 0.3 is 6.09 Å². The number of rotatable bonds is 4. The SMILES string of the molecule is CCOC(=O)n1nc(NC(=O)c2ccccc2[N+](=O)[O-])c2c1CCNC2.Cl. The molecule has 0 saturated carbocycles. The molecule has 0 atom stereocenters. The highest BCUT2D eigenvalue weighted by Crippen LogP contribution is 2.25. The van der Waals surface area contributed by atoms with Crippen LogP contribution >= 0.6 is 12.4 Å². The number of hydrogen-bond acceptors (Lipinski definition) is 7. The van der Waals surface area contributed by atoms with Gasteiger partial charge in [0.1, 0.15) is 5.56 Å². The number of nitrogens with zero attached hydrogens (tertiary/aromatic N) is 3. The standard InChI is InChI=1S/C16H17N5O5.ClH/c1-2-26-16(23)20-12-7-8-17-9-11(12)14(19-20)18-15(22)10-5-3-4-6-13(10)21(24)25;/h3-6,17H,2,7-9H2,1H3,(H,18,19,22);1H. The third-order valence-corrected chi connectivity index (χ3v) is 3.95. The van der Waals surface area contributed by atoms with Crippen LogP contribution in [0.1, 0.15) is 28.5 Å². The summed E-state index contributed by atoms with van der Waals surface area (Å²) in [6.45, 7) is 2.97. The number of fused-ring (bicyclic) bond motifs is 1. The lowest BCUT2D eigenvalue weighted by atomic mass is 10.1. The molecule has 0 fully saturated rings. The molecule has 1 aromatic heterocycles. The first-order valence-electron chi connectivity index (χ1n) is 8.06. The molecule has 1 aliphatic heterocycles. The largest absolute Gasteiger partial charge is 0.448 e. The Kier molecular flexibility index (Phi) is 6.48. The van der Waals surface area contributed by atoms with Gasteiger partial charge < -0.3 is 15.4 Å². The number of aromatic nitrogens is 2. The van der Waals surface area contributed by atoms with Crippen LogP contribution in [0.2, 0.25) is 0 Å². The number of anilines is 1. The first-order valence-corrected chi connectivity index (χ1v) is 8.06. The first kappa shape index (κ1) is 20.3. The molecule has 2 aromatic rings. The van der Waals surface area contributed by atoms with Gasteiger partial charge in [-0.05, 0) is 13.0 Å². The summed E-state index contributed by atoms with van der Waals surface area (Å²) in [6, 6.07) is 5.63. The van der Waals surface area contributed by atoms with Crippen molar-refractivity contribution in [1.82, 2.24) is 15.1 Å². The molecule has 10 nitrogen and oxygen atoms in total. The fraction of sp³-hybridized carbons (Fsp3) is 0.312. The van der Waals surface area contributed by atoms with Crippen LogP contribution < -0.4 is 10.6 Å². The Morgan fingerprint density at radius 3 is 2.85 bits per heavy atom. The molecule has 11 heteroatoms. The lowest BCUT2D eigenvalue weighted by Crippen LogP contribution is -2.27. The van der Waals surface area contributed by atoms with Crippen LogP contribution in [-0.4, -0.2) is 39.9 Å². The lowest BCUT2D eigenvalue weighted by Gasteiger charge is -2.14. The predicted molar refractivity (Wildman–Crippen MR) is 98.4 cm³/mol. The smallest absolute Gasteiger partial charge is 0.434 e. The topological polar surface area (TPSA) is 128 Å². The van der Waals surface area contributed by atoms with E-state index in [9.17, 15) is 19.7 Å². The molecule has 27 heavy (non-hydrogen) atoms. The van der Waals surface area contributed by atoms with Crippen molar-refractivity contribution in [3.63, 3.8) is 0 Å². The maximum Gasteiger partial charge on any atom is 0.434 e. The van der Waals surface area contributed by atoms with Gasteiger partial charge in [-0.3, -0.25) is 14.9 Å². The molecule has 0 saturated heterocycles. The zero-order valence-electron chi connectivity index (χ0n) is 14.4. The minimum Gasteiger partial charge on any atom is -0.448 e. The van der Waals surface area contributed by atoms with Crippen molar-refractivity contribution >= 4 is 35.9 Å². The van der Waals surface area contributed by atoms with Gasteiger partial charge in [-0.1, -0.05) is 12.1 Å². The lowest BCUT2D eigenvalue weighted by molar-refractivity contribution is -0.385. The van der Waals surface area contributed by atoms with Crippen molar-refractivity contribution < 1.29 is 19.2 Å². The Morgan fingerprint density at radius 1 is 1.41 bits per heavy atom. The molecule has 144 valence electrons. The van der Waals surface area contributed by atoms with Crippen LogP contribution in [0.25, 0.3) is 0 Å². The number of nitrogens with one attached hydrogen (secondary N) is 2. The maximum atomic E-state index is 12.5. The first-order chi connectivity index (χ1) is 12.5. The summed E-state index contributed by atoms with van der Waals surface area (Å²) in [5.74, 6) is -0.484. The van der Waals surface area contributed by atoms with Gasteiger partial charge in [0.15, 0.2) is 5.82 Å². The predicted octanol–water partition coefficient (Wildman–Crippen LogP) is 2.12. The number of ether oxygens (including phenoxy) is 1. The van der Waals surface area contributed by atoms with Crippen molar-refractivity contribution in [3.05, 3.63) is 51.2 Å². The zero-order chi connectivity index (χ0) is 18.7. The second-order valence-electron chi connectivity index (χ2n) is 5.54. The van der Waals surface area contributed by atoms with E-state index in [0.717, 1.165) is 4.68 Å². The fourth-order valence-corrected chi connectivity index (χ4v) is 2.78. The zero-order valence-corrected chi connectivity index (χ0v) is 15.2. The van der Waals surface area contributed by atoms with Gasteiger partial charge in [-0.15, -0.1) is 17.5 Å². The van der Waals surface area contributed by atoms with E-state index in [1.54, 1.807) is 6.92 Å². The number of nitro benzene ring substituents is 1. The minimum atomic E-state index is -0.667. The number of hydrogen-bond donors (Lipinski definition) is 2. The highest BCUT2D eigenvalue weighted by molar-refractivity contribution is 6.07. The molecule has 1 amide bonds. The number of amides is 1. The van der Waals surface area contributed by atoms with Crippen LogP contribution in [0.3, 0.4) is 0 Å². The summed E-state index contributed by atoms with van der Waals surface area (Å²) in [7, 11) is 0. The van der Waals surface area contributed by atoms with Crippen LogP contribution in [-0.2, 0) is 17.7 Å². The summed E-state index contributed by atoms with van der Waals surface area (Å²) >= 11 is 0. The van der Waals surface area contributed by atoms with E-state index in [4.69, 9.17) is 4.74 Å². The summed E-state index contributed by atoms with van der Waals surface area (Å²) < 4.78 is 6.12. The van der Waals surface area contributed by atoms with Gasteiger partial charge in [-0.25, -0.2) is 4.79 Å². The Balaban J connectivity index is 0.00000261. The minimum absolute atomic E-state index is 0. The van der Waals surface area contributed by atoms with Crippen molar-refractivity contribution in [2.75, 3.05) is 18.5 Å². The van der Waals surface area contributed by atoms with E-state index in [0.29, 0.717) is 30.8 Å². The average molecular weight is 396 g/mol. The fourth-order valence-electron chi connectivity index (χ4n) is 2.78. The van der Waals surface area contributed by atoms with E-state index < -0.39 is 16.9 Å². The van der Waals surface area contributed by atoms with Crippen molar-refractivity contribution in [2.45, 2.75) is 19.9 Å². The second kappa shape index (κ2) is 8.60. The van der Waals surface area contributed by atoms with Crippen LogP contribution in [0.4, 0.5) is 16.3 Å². The number of carbonyl (C=O) groups excluding carboxylic acids is 2. The van der Waals surface area contributed by atoms with Crippen LogP contribution in [0.5, 0.6) is 0 Å². The van der Waals surface area contributed by atoms with Crippen molar-refractivity contribution in [3.8, 4) is 0 Å². The highest BCUT2D eigenvalue weighted by atomic mass is 35.5. The molecule has 1 aromatic carbocycles. The molecule has 0 unspecified atom stereocenters. The van der Waals surface area contributed by atoms with E-state index in [-0.39, 0.29) is 36.1 Å². The molecular formula is C16H18ClN5O5. The molecule has 2 N–H and O–H groups in total. The Labute approximate surface area is 160 Å². The number of halogens is 1. The maximum absolute atomic E-state index is 12.5. The summed E-state index contributed by atoms with van der Waals surface area (Å²) in [4.78, 5) is 35.1. The quantitative estimate of drug-likeness (QED) is 0.599. The Morgan fingerprint density at radius 2 is 2.15 bits per heavy atom. The second-order valence-corrected chi connectivity index (χ2v) is 5.54. The third-order valence-electron chi connectivity index (χ3n) is 3.95. The third kappa shape index (κ3) is 4.07. The van der Waals surface area contributed by atoms with Crippen LogP contribution in [0, 0.1) is 10.1 Å². The normalized spacial score (nSPS) is 12.5. The van der Waals surface area contributed by atoms with Gasteiger partial charge in [0.05, 0.1) is 17.2 Å². The highest BCUT2D eigenvalue weighted by Gasteiger charge is 2.27. The summed E-state index contributed by atoms with van der Waals surface area (Å²) in [5.41, 5.74) is 0.929. The summed E-state index contributed by atoms with van der Waals surface area (Å²) in [5, 5.41) is 21.0. The van der Waals surface area contributed by atoms with Crippen molar-refractivity contribution in [2.24, 2.45) is 0 Å². The van der Waals surface area contributed by atoms with E-state index >= 15 is 0 Å². The number of carbonyl (C=O) groups is 2. The van der Waals surface area contributed by atoms with Crippen molar-refractivity contribution in [1.29, 1.82) is 0 Å². The van der Waals surface area contributed by atoms with E-state index in [1.807, 2.05) is 0 Å². The van der Waals surface area contributed by atoms with Gasteiger partial charge in [0, 0.05) is 31.1 Å². The number of benzene rings is 1.